The summed E-state index contributed by atoms with van der Waals surface area (Å²) in [6, 6.07) is 0. The van der Waals surface area contributed by atoms with Crippen LogP contribution in [0.3, 0.4) is 0 Å². The quantitative estimate of drug-likeness (QED) is 0.737. The second-order valence-corrected chi connectivity index (χ2v) is 7.43. The van der Waals surface area contributed by atoms with Crippen molar-refractivity contribution in [1.82, 2.24) is 24.8 Å². The van der Waals surface area contributed by atoms with Gasteiger partial charge >= 0.3 is 0 Å². The summed E-state index contributed by atoms with van der Waals surface area (Å²) >= 11 is 0. The molecule has 0 bridgehead atoms. The second-order valence-electron chi connectivity index (χ2n) is 7.43. The molecule has 0 aliphatic carbocycles. The summed E-state index contributed by atoms with van der Waals surface area (Å²) in [6.45, 7) is 7.86. The van der Waals surface area contributed by atoms with Gasteiger partial charge in [0, 0.05) is 58.2 Å². The molecule has 8 nitrogen and oxygen atoms in total. The summed E-state index contributed by atoms with van der Waals surface area (Å²) in [5, 5.41) is 4.03. The molecule has 2 aliphatic rings. The minimum Gasteiger partial charge on any atom is -0.384 e. The predicted octanol–water partition coefficient (Wildman–Crippen LogP) is 0.777. The molecule has 1 aromatic heterocycles. The molecule has 1 atom stereocenters. The van der Waals surface area contributed by atoms with Gasteiger partial charge in [-0.1, -0.05) is 5.16 Å². The van der Waals surface area contributed by atoms with Crippen molar-refractivity contribution in [2.45, 2.75) is 44.7 Å². The third kappa shape index (κ3) is 4.24. The number of hydrogen-bond donors (Lipinski definition) is 0. The van der Waals surface area contributed by atoms with Crippen LogP contribution in [0.25, 0.3) is 0 Å². The molecule has 0 unspecified atom stereocenters. The molecule has 3 rings (SSSR count). The molecule has 1 spiro atoms. The van der Waals surface area contributed by atoms with Crippen LogP contribution >= 0.6 is 0 Å². The SMILES string of the molecule is CCN1CC[C@@]2(CCC1=O)CN(Cc1nc(CCOC)no1)CCN2C. The van der Waals surface area contributed by atoms with Crippen LogP contribution in [0.1, 0.15) is 37.9 Å². The largest absolute Gasteiger partial charge is 0.384 e. The van der Waals surface area contributed by atoms with Crippen molar-refractivity contribution in [3.63, 3.8) is 0 Å². The lowest BCUT2D eigenvalue weighted by Crippen LogP contribution is -2.60. The van der Waals surface area contributed by atoms with E-state index in [1.165, 1.54) is 0 Å². The fourth-order valence-electron chi connectivity index (χ4n) is 4.08. The molecule has 0 saturated carbocycles. The zero-order valence-corrected chi connectivity index (χ0v) is 16.2. The fourth-order valence-corrected chi connectivity index (χ4v) is 4.08. The number of methoxy groups -OCH3 is 1. The molecule has 0 N–H and O–H groups in total. The molecule has 1 aromatic rings. The highest BCUT2D eigenvalue weighted by Gasteiger charge is 2.42. The molecule has 146 valence electrons. The second kappa shape index (κ2) is 8.45. The highest BCUT2D eigenvalue weighted by molar-refractivity contribution is 5.76. The summed E-state index contributed by atoms with van der Waals surface area (Å²) in [5.41, 5.74) is 0.0523. The standard InChI is InChI=1S/C18H31N5O3/c1-4-23-9-8-18(7-5-17(23)24)14-22(11-10-21(18)2)13-16-19-15(20-26-16)6-12-25-3/h4-14H2,1-3H3/t18-/m0/s1. The smallest absolute Gasteiger partial charge is 0.240 e. The summed E-state index contributed by atoms with van der Waals surface area (Å²) in [4.78, 5) is 23.6. The highest BCUT2D eigenvalue weighted by atomic mass is 16.5. The van der Waals surface area contributed by atoms with Gasteiger partial charge in [0.05, 0.1) is 13.2 Å². The monoisotopic (exact) mass is 365 g/mol. The van der Waals surface area contributed by atoms with E-state index in [2.05, 4.69) is 33.9 Å². The summed E-state index contributed by atoms with van der Waals surface area (Å²) in [5.74, 6) is 1.65. The molecule has 1 amide bonds. The zero-order valence-electron chi connectivity index (χ0n) is 16.2. The van der Waals surface area contributed by atoms with E-state index in [1.54, 1.807) is 7.11 Å². The van der Waals surface area contributed by atoms with Gasteiger partial charge in [0.15, 0.2) is 5.82 Å². The van der Waals surface area contributed by atoms with Gasteiger partial charge in [0.2, 0.25) is 11.8 Å². The molecular formula is C18H31N5O3. The van der Waals surface area contributed by atoms with Crippen LogP contribution in [-0.2, 0) is 22.5 Å². The normalized spacial score (nSPS) is 25.8. The van der Waals surface area contributed by atoms with Crippen LogP contribution in [0.2, 0.25) is 0 Å². The minimum atomic E-state index is 0.0523. The van der Waals surface area contributed by atoms with Crippen LogP contribution in [0.4, 0.5) is 0 Å². The number of carbonyl (C=O) groups is 1. The van der Waals surface area contributed by atoms with E-state index >= 15 is 0 Å². The topological polar surface area (TPSA) is 74.9 Å². The Kier molecular flexibility index (Phi) is 6.26. The Morgan fingerprint density at radius 3 is 2.88 bits per heavy atom. The molecule has 3 heterocycles. The van der Waals surface area contributed by atoms with E-state index < -0.39 is 0 Å². The van der Waals surface area contributed by atoms with E-state index in [9.17, 15) is 4.79 Å². The van der Waals surface area contributed by atoms with Gasteiger partial charge in [-0.15, -0.1) is 0 Å². The van der Waals surface area contributed by atoms with Crippen molar-refractivity contribution < 1.29 is 14.1 Å². The van der Waals surface area contributed by atoms with Gasteiger partial charge in [0.1, 0.15) is 0 Å². The Bertz CT molecular complexity index is 607. The van der Waals surface area contributed by atoms with Crippen molar-refractivity contribution in [2.24, 2.45) is 0 Å². The number of aromatic nitrogens is 2. The Balaban J connectivity index is 1.64. The molecular weight excluding hydrogens is 334 g/mol. The number of likely N-dealkylation sites (N-methyl/N-ethyl adjacent to an activating group) is 1. The van der Waals surface area contributed by atoms with Crippen molar-refractivity contribution in [2.75, 3.05) is 53.5 Å². The van der Waals surface area contributed by atoms with Crippen LogP contribution in [-0.4, -0.2) is 89.8 Å². The lowest BCUT2D eigenvalue weighted by atomic mass is 9.86. The zero-order chi connectivity index (χ0) is 18.6. The van der Waals surface area contributed by atoms with E-state index in [-0.39, 0.29) is 11.4 Å². The molecule has 0 aromatic carbocycles. The molecule has 0 radical (unpaired) electrons. The van der Waals surface area contributed by atoms with E-state index in [0.29, 0.717) is 37.7 Å². The first kappa shape index (κ1) is 19.3. The Labute approximate surface area is 155 Å². The van der Waals surface area contributed by atoms with Gasteiger partial charge < -0.3 is 14.2 Å². The van der Waals surface area contributed by atoms with Crippen molar-refractivity contribution in [3.05, 3.63) is 11.7 Å². The van der Waals surface area contributed by atoms with Gasteiger partial charge in [-0.25, -0.2) is 0 Å². The van der Waals surface area contributed by atoms with E-state index in [4.69, 9.17) is 9.26 Å². The Morgan fingerprint density at radius 1 is 1.27 bits per heavy atom. The fraction of sp³-hybridized carbons (Fsp3) is 0.833. The number of amides is 1. The summed E-state index contributed by atoms with van der Waals surface area (Å²) in [6.07, 6.45) is 3.23. The minimum absolute atomic E-state index is 0.0523. The molecule has 26 heavy (non-hydrogen) atoms. The molecule has 2 fully saturated rings. The van der Waals surface area contributed by atoms with Gasteiger partial charge in [-0.2, -0.15) is 4.98 Å². The maximum Gasteiger partial charge on any atom is 0.240 e. The number of nitrogens with zero attached hydrogens (tertiary/aromatic N) is 5. The first-order valence-corrected chi connectivity index (χ1v) is 9.58. The third-order valence-corrected chi connectivity index (χ3v) is 5.86. The lowest BCUT2D eigenvalue weighted by molar-refractivity contribution is -0.130. The van der Waals surface area contributed by atoms with Gasteiger partial charge in [-0.3, -0.25) is 14.6 Å². The Morgan fingerprint density at radius 2 is 2.12 bits per heavy atom. The number of hydrogen-bond acceptors (Lipinski definition) is 7. The Hall–Kier alpha value is -1.51. The van der Waals surface area contributed by atoms with Crippen molar-refractivity contribution in [1.29, 1.82) is 0 Å². The summed E-state index contributed by atoms with van der Waals surface area (Å²) < 4.78 is 10.5. The van der Waals surface area contributed by atoms with Crippen LogP contribution in [0.5, 0.6) is 0 Å². The number of ether oxygens (including phenoxy) is 1. The lowest BCUT2D eigenvalue weighted by Gasteiger charge is -2.49. The van der Waals surface area contributed by atoms with Crippen molar-refractivity contribution in [3.8, 4) is 0 Å². The molecule has 2 saturated heterocycles. The number of likely N-dealkylation sites (tertiary alicyclic amines) is 1. The van der Waals surface area contributed by atoms with E-state index in [0.717, 1.165) is 45.6 Å². The van der Waals surface area contributed by atoms with Gasteiger partial charge in [0.25, 0.3) is 0 Å². The van der Waals surface area contributed by atoms with Crippen LogP contribution < -0.4 is 0 Å². The average molecular weight is 365 g/mol. The third-order valence-electron chi connectivity index (χ3n) is 5.86. The maximum absolute atomic E-state index is 12.3. The van der Waals surface area contributed by atoms with Crippen LogP contribution in [0, 0.1) is 0 Å². The maximum atomic E-state index is 12.3. The first-order chi connectivity index (χ1) is 12.6. The van der Waals surface area contributed by atoms with E-state index in [1.807, 2.05) is 4.90 Å². The van der Waals surface area contributed by atoms with Crippen LogP contribution in [0.15, 0.2) is 4.52 Å². The number of carbonyl (C=O) groups excluding carboxylic acids is 1. The first-order valence-electron chi connectivity index (χ1n) is 9.58. The van der Waals surface area contributed by atoms with Gasteiger partial charge in [-0.05, 0) is 26.8 Å². The van der Waals surface area contributed by atoms with Crippen molar-refractivity contribution >= 4 is 5.91 Å². The predicted molar refractivity (Wildman–Crippen MR) is 96.6 cm³/mol. The summed E-state index contributed by atoms with van der Waals surface area (Å²) in [7, 11) is 3.86. The number of piperazine rings is 1. The molecule has 8 heteroatoms. The average Bonchev–Trinajstić information content (AvgIpc) is 3.02. The molecule has 2 aliphatic heterocycles. The highest BCUT2D eigenvalue weighted by Crippen LogP contribution is 2.32. The number of rotatable bonds is 6.